The second-order valence-electron chi connectivity index (χ2n) is 3.14. The molecular weight excluding hydrogens is 281 g/mol. The van der Waals surface area contributed by atoms with Crippen LogP contribution in [-0.2, 0) is 18.1 Å². The van der Waals surface area contributed by atoms with Gasteiger partial charge in [0.25, 0.3) is 0 Å². The van der Waals surface area contributed by atoms with Gasteiger partial charge in [0.05, 0.1) is 0 Å². The van der Waals surface area contributed by atoms with Crippen molar-refractivity contribution in [2.45, 2.75) is 39.1 Å². The highest BCUT2D eigenvalue weighted by molar-refractivity contribution is 7.48. The Kier molecular flexibility index (Phi) is 4.67. The Balaban J connectivity index is 5.03. The van der Waals surface area contributed by atoms with Gasteiger partial charge in [0.1, 0.15) is 0 Å². The summed E-state index contributed by atoms with van der Waals surface area (Å²) in [6.07, 6.45) is -12.8. The topological polar surface area (TPSA) is 44.8 Å². The highest BCUT2D eigenvalue weighted by Gasteiger charge is 2.49. The lowest BCUT2D eigenvalue weighted by atomic mass is 10.8. The molecule has 0 aliphatic carbocycles. The molecule has 4 nitrogen and oxygen atoms in total. The number of alkyl halides is 6. The summed E-state index contributed by atoms with van der Waals surface area (Å²) in [5.74, 6) is 0. The first kappa shape index (κ1) is 16.7. The van der Waals surface area contributed by atoms with E-state index >= 15 is 0 Å². The van der Waals surface area contributed by atoms with Gasteiger partial charge in [-0.25, -0.2) is 18.1 Å². The van der Waals surface area contributed by atoms with E-state index in [0.29, 0.717) is 0 Å². The van der Waals surface area contributed by atoms with Crippen LogP contribution in [0, 0.1) is 0 Å². The van der Waals surface area contributed by atoms with Crippen molar-refractivity contribution >= 4 is 7.82 Å². The number of rotatable bonds is 6. The van der Waals surface area contributed by atoms with E-state index in [1.807, 2.05) is 0 Å². The van der Waals surface area contributed by atoms with Crippen molar-refractivity contribution in [1.82, 2.24) is 0 Å². The van der Waals surface area contributed by atoms with Gasteiger partial charge in [0, 0.05) is 20.8 Å². The molecular formula is C6H9F6O4P. The Bertz CT molecular complexity index is 256. The van der Waals surface area contributed by atoms with Crippen LogP contribution in [-0.4, -0.2) is 18.3 Å². The number of hydrogen-bond donors (Lipinski definition) is 0. The predicted octanol–water partition coefficient (Wildman–Crippen LogP) is 3.98. The highest BCUT2D eigenvalue weighted by Crippen LogP contribution is 2.59. The van der Waals surface area contributed by atoms with Crippen molar-refractivity contribution in [2.75, 3.05) is 0 Å². The summed E-state index contributed by atoms with van der Waals surface area (Å²) in [5.41, 5.74) is 0. The van der Waals surface area contributed by atoms with Gasteiger partial charge in [-0.05, 0) is 0 Å². The molecule has 0 bridgehead atoms. The van der Waals surface area contributed by atoms with E-state index < -0.39 is 26.1 Å². The Hall–Kier alpha value is -0.310. The lowest BCUT2D eigenvalue weighted by molar-refractivity contribution is -0.243. The van der Waals surface area contributed by atoms with E-state index in [0.717, 1.165) is 0 Å². The van der Waals surface area contributed by atoms with Gasteiger partial charge in [-0.15, -0.1) is 0 Å². The Morgan fingerprint density at radius 3 is 1.00 bits per heavy atom. The zero-order valence-electron chi connectivity index (χ0n) is 8.85. The summed E-state index contributed by atoms with van der Waals surface area (Å²) >= 11 is 0. The molecule has 0 aliphatic rings. The normalized spacial score (nSPS) is 15.1. The van der Waals surface area contributed by atoms with Crippen molar-refractivity contribution < 1.29 is 44.5 Å². The van der Waals surface area contributed by atoms with Crippen LogP contribution in [0.25, 0.3) is 0 Å². The lowest BCUT2D eigenvalue weighted by Crippen LogP contribution is -2.25. The van der Waals surface area contributed by atoms with Gasteiger partial charge >= 0.3 is 26.1 Å². The maximum absolute atomic E-state index is 12.3. The van der Waals surface area contributed by atoms with E-state index in [1.165, 1.54) is 0 Å². The van der Waals surface area contributed by atoms with Gasteiger partial charge in [0.15, 0.2) is 0 Å². The van der Waals surface area contributed by atoms with Crippen LogP contribution in [0.15, 0.2) is 0 Å². The van der Waals surface area contributed by atoms with Crippen LogP contribution in [0.1, 0.15) is 20.8 Å². The zero-order valence-corrected chi connectivity index (χ0v) is 9.74. The second-order valence-corrected chi connectivity index (χ2v) is 4.59. The number of halogens is 6. The standard InChI is InChI=1S/C6H9F6O4P/c1-4(7,8)14-17(13,15-5(2,9)10)16-6(3,11)12/h1-3H3. The van der Waals surface area contributed by atoms with Crippen molar-refractivity contribution in [1.29, 1.82) is 0 Å². The van der Waals surface area contributed by atoms with Crippen molar-refractivity contribution in [3.05, 3.63) is 0 Å². The number of hydrogen-bond acceptors (Lipinski definition) is 4. The second kappa shape index (κ2) is 4.75. The summed E-state index contributed by atoms with van der Waals surface area (Å²) in [6, 6.07) is 0. The van der Waals surface area contributed by atoms with Crippen LogP contribution in [0.4, 0.5) is 26.3 Å². The molecule has 0 N–H and O–H groups in total. The fourth-order valence-electron chi connectivity index (χ4n) is 0.645. The Morgan fingerprint density at radius 1 is 0.706 bits per heavy atom. The zero-order chi connectivity index (χ0) is 14.1. The summed E-state index contributed by atoms with van der Waals surface area (Å²) < 4.78 is 94.7. The molecule has 0 spiro atoms. The van der Waals surface area contributed by atoms with Gasteiger partial charge in [-0.3, -0.25) is 0 Å². The first-order valence-corrected chi connectivity index (χ1v) is 5.44. The number of phosphoric acid groups is 1. The van der Waals surface area contributed by atoms with E-state index in [-0.39, 0.29) is 20.8 Å². The molecule has 0 aromatic carbocycles. The Labute approximate surface area is 92.4 Å². The van der Waals surface area contributed by atoms with Crippen LogP contribution in [0.5, 0.6) is 0 Å². The van der Waals surface area contributed by atoms with Gasteiger partial charge in [-0.1, -0.05) is 0 Å². The van der Waals surface area contributed by atoms with E-state index in [2.05, 4.69) is 13.6 Å². The molecule has 0 saturated heterocycles. The molecule has 0 atom stereocenters. The molecule has 0 fully saturated rings. The van der Waals surface area contributed by atoms with Crippen LogP contribution < -0.4 is 0 Å². The molecule has 0 rings (SSSR count). The average Bonchev–Trinajstić information content (AvgIpc) is 1.65. The lowest BCUT2D eigenvalue weighted by Gasteiger charge is -2.25. The molecule has 0 saturated carbocycles. The minimum Gasteiger partial charge on any atom is -0.227 e. The van der Waals surface area contributed by atoms with Crippen LogP contribution >= 0.6 is 7.82 Å². The molecule has 104 valence electrons. The van der Waals surface area contributed by atoms with Crippen molar-refractivity contribution in [3.63, 3.8) is 0 Å². The maximum Gasteiger partial charge on any atom is 0.489 e. The largest absolute Gasteiger partial charge is 0.489 e. The molecule has 0 amide bonds. The van der Waals surface area contributed by atoms with Crippen LogP contribution in [0.3, 0.4) is 0 Å². The predicted molar refractivity (Wildman–Crippen MR) is 42.7 cm³/mol. The first-order chi connectivity index (χ1) is 7.12. The first-order valence-electron chi connectivity index (χ1n) is 3.98. The van der Waals surface area contributed by atoms with Gasteiger partial charge in [-0.2, -0.15) is 26.3 Å². The van der Waals surface area contributed by atoms with E-state index in [1.54, 1.807) is 0 Å². The number of phosphoric ester groups is 1. The third-order valence-electron chi connectivity index (χ3n) is 0.816. The van der Waals surface area contributed by atoms with E-state index in [9.17, 15) is 30.9 Å². The van der Waals surface area contributed by atoms with Gasteiger partial charge in [0.2, 0.25) is 0 Å². The average molecular weight is 290 g/mol. The summed E-state index contributed by atoms with van der Waals surface area (Å²) in [6.45, 7) is -0.0179. The molecule has 0 aromatic heterocycles. The minimum atomic E-state index is -5.83. The molecule has 0 unspecified atom stereocenters. The third kappa shape index (κ3) is 9.40. The quantitative estimate of drug-likeness (QED) is 0.548. The molecule has 0 aromatic rings. The SMILES string of the molecule is CC(F)(F)OP(=O)(OC(C)(F)F)OC(C)(F)F. The molecule has 0 aliphatic heterocycles. The molecule has 0 radical (unpaired) electrons. The molecule has 17 heavy (non-hydrogen) atoms. The Morgan fingerprint density at radius 2 is 0.882 bits per heavy atom. The monoisotopic (exact) mass is 290 g/mol. The highest BCUT2D eigenvalue weighted by atomic mass is 31.2. The van der Waals surface area contributed by atoms with Gasteiger partial charge < -0.3 is 0 Å². The molecule has 11 heteroatoms. The summed E-state index contributed by atoms with van der Waals surface area (Å²) in [7, 11) is -5.83. The minimum absolute atomic E-state index is 0.00598. The third-order valence-corrected chi connectivity index (χ3v) is 2.45. The smallest absolute Gasteiger partial charge is 0.227 e. The maximum atomic E-state index is 12.3. The summed E-state index contributed by atoms with van der Waals surface area (Å²) in [4.78, 5) is 0. The van der Waals surface area contributed by atoms with E-state index in [4.69, 9.17) is 0 Å². The van der Waals surface area contributed by atoms with Crippen LogP contribution in [0.2, 0.25) is 0 Å². The van der Waals surface area contributed by atoms with Crippen molar-refractivity contribution in [2.24, 2.45) is 0 Å². The fraction of sp³-hybridized carbons (Fsp3) is 1.00. The fourth-order valence-corrected chi connectivity index (χ4v) is 1.93. The molecule has 0 heterocycles. The van der Waals surface area contributed by atoms with Crippen molar-refractivity contribution in [3.8, 4) is 0 Å². The summed E-state index contributed by atoms with van der Waals surface area (Å²) in [5, 5.41) is 0.